The molecule has 2 aliphatic rings. The molecule has 1 saturated carbocycles. The van der Waals surface area contributed by atoms with Crippen LogP contribution in [0.5, 0.6) is 0 Å². The van der Waals surface area contributed by atoms with Gasteiger partial charge in [0.2, 0.25) is 5.91 Å². The minimum atomic E-state index is 0.230. The van der Waals surface area contributed by atoms with E-state index in [2.05, 4.69) is 32.6 Å². The first-order valence-electron chi connectivity index (χ1n) is 8.22. The third-order valence-electron chi connectivity index (χ3n) is 6.15. The van der Waals surface area contributed by atoms with Crippen LogP contribution in [-0.2, 0) is 4.79 Å². The van der Waals surface area contributed by atoms with Gasteiger partial charge in [-0.3, -0.25) is 9.69 Å². The molecule has 0 bridgehead atoms. The number of hydrogen-bond donors (Lipinski definition) is 0. The molecular weight excluding hydrogens is 248 g/mol. The highest BCUT2D eigenvalue weighted by atomic mass is 16.2. The maximum atomic E-state index is 11.4. The Hall–Kier alpha value is -0.570. The zero-order valence-corrected chi connectivity index (χ0v) is 14.0. The average molecular weight is 280 g/mol. The van der Waals surface area contributed by atoms with E-state index in [1.54, 1.807) is 6.92 Å². The van der Waals surface area contributed by atoms with E-state index in [1.807, 2.05) is 4.90 Å². The summed E-state index contributed by atoms with van der Waals surface area (Å²) in [5, 5.41) is 0. The number of piperazine rings is 1. The summed E-state index contributed by atoms with van der Waals surface area (Å²) in [6, 6.07) is 0.750. The van der Waals surface area contributed by atoms with Crippen LogP contribution in [0, 0.1) is 10.8 Å². The van der Waals surface area contributed by atoms with Crippen LogP contribution in [0.25, 0.3) is 0 Å². The lowest BCUT2D eigenvalue weighted by atomic mass is 9.60. The Balaban J connectivity index is 1.85. The van der Waals surface area contributed by atoms with E-state index in [0.29, 0.717) is 10.8 Å². The summed E-state index contributed by atoms with van der Waals surface area (Å²) >= 11 is 0. The molecule has 116 valence electrons. The molecule has 0 aromatic rings. The van der Waals surface area contributed by atoms with Gasteiger partial charge in [-0.1, -0.05) is 27.7 Å². The Bertz CT molecular complexity index is 342. The lowest BCUT2D eigenvalue weighted by Crippen LogP contribution is -2.53. The number of amides is 1. The fraction of sp³-hybridized carbons (Fsp3) is 0.941. The van der Waals surface area contributed by atoms with Gasteiger partial charge in [-0.25, -0.2) is 0 Å². The predicted molar refractivity (Wildman–Crippen MR) is 83.6 cm³/mol. The van der Waals surface area contributed by atoms with Crippen molar-refractivity contribution < 1.29 is 4.79 Å². The van der Waals surface area contributed by atoms with E-state index >= 15 is 0 Å². The first-order chi connectivity index (χ1) is 9.23. The highest BCUT2D eigenvalue weighted by molar-refractivity contribution is 5.73. The molecule has 3 heteroatoms. The van der Waals surface area contributed by atoms with Crippen LogP contribution in [0.2, 0.25) is 0 Å². The van der Waals surface area contributed by atoms with E-state index in [-0.39, 0.29) is 5.91 Å². The van der Waals surface area contributed by atoms with Crippen LogP contribution in [0.3, 0.4) is 0 Å². The van der Waals surface area contributed by atoms with E-state index in [4.69, 9.17) is 0 Å². The third-order valence-corrected chi connectivity index (χ3v) is 6.15. The first kappa shape index (κ1) is 15.8. The Labute approximate surface area is 124 Å². The van der Waals surface area contributed by atoms with Gasteiger partial charge < -0.3 is 4.90 Å². The van der Waals surface area contributed by atoms with Crippen molar-refractivity contribution in [3.05, 3.63) is 0 Å². The normalized spacial score (nSPS) is 33.2. The van der Waals surface area contributed by atoms with Gasteiger partial charge in [-0.05, 0) is 36.5 Å². The van der Waals surface area contributed by atoms with Crippen molar-refractivity contribution in [1.29, 1.82) is 0 Å². The van der Waals surface area contributed by atoms with Crippen molar-refractivity contribution in [3.63, 3.8) is 0 Å². The molecule has 20 heavy (non-hydrogen) atoms. The quantitative estimate of drug-likeness (QED) is 0.736. The summed E-state index contributed by atoms with van der Waals surface area (Å²) in [4.78, 5) is 16.0. The standard InChI is InChI=1S/C17H32N2O/c1-14(20)18-10-12-19(13-11-18)15-6-8-17(5,9-7-15)16(2,3)4/h15H,6-13H2,1-5H3. The Morgan fingerprint density at radius 3 is 1.95 bits per heavy atom. The Kier molecular flexibility index (Phi) is 4.48. The molecule has 1 aliphatic carbocycles. The van der Waals surface area contributed by atoms with Crippen molar-refractivity contribution in [3.8, 4) is 0 Å². The van der Waals surface area contributed by atoms with Gasteiger partial charge in [0, 0.05) is 39.1 Å². The maximum Gasteiger partial charge on any atom is 0.219 e. The molecule has 0 N–H and O–H groups in total. The summed E-state index contributed by atoms with van der Waals surface area (Å²) in [5.74, 6) is 0.230. The van der Waals surface area contributed by atoms with Crippen molar-refractivity contribution >= 4 is 5.91 Å². The monoisotopic (exact) mass is 280 g/mol. The predicted octanol–water partition coefficient (Wildman–Crippen LogP) is 3.15. The van der Waals surface area contributed by atoms with E-state index in [0.717, 1.165) is 32.2 Å². The topological polar surface area (TPSA) is 23.6 Å². The summed E-state index contributed by atoms with van der Waals surface area (Å²) in [6.45, 7) is 15.3. The minimum Gasteiger partial charge on any atom is -0.340 e. The maximum absolute atomic E-state index is 11.4. The van der Waals surface area contributed by atoms with Gasteiger partial charge in [-0.2, -0.15) is 0 Å². The van der Waals surface area contributed by atoms with Crippen molar-refractivity contribution in [2.24, 2.45) is 10.8 Å². The zero-order valence-electron chi connectivity index (χ0n) is 14.0. The zero-order chi connectivity index (χ0) is 15.0. The van der Waals surface area contributed by atoms with Gasteiger partial charge in [0.05, 0.1) is 0 Å². The van der Waals surface area contributed by atoms with Crippen LogP contribution in [0.1, 0.15) is 60.3 Å². The fourth-order valence-corrected chi connectivity index (χ4v) is 3.76. The van der Waals surface area contributed by atoms with E-state index < -0.39 is 0 Å². The molecule has 0 radical (unpaired) electrons. The third kappa shape index (κ3) is 3.19. The van der Waals surface area contributed by atoms with Gasteiger partial charge in [0.25, 0.3) is 0 Å². The average Bonchev–Trinajstić information content (AvgIpc) is 2.38. The molecule has 0 spiro atoms. The van der Waals surface area contributed by atoms with E-state index in [1.165, 1.54) is 25.7 Å². The molecule has 0 atom stereocenters. The number of rotatable bonds is 1. The van der Waals surface area contributed by atoms with Crippen molar-refractivity contribution in [1.82, 2.24) is 9.80 Å². The molecule has 1 heterocycles. The second-order valence-corrected chi connectivity index (χ2v) is 8.08. The summed E-state index contributed by atoms with van der Waals surface area (Å²) < 4.78 is 0. The molecule has 0 unspecified atom stereocenters. The van der Waals surface area contributed by atoms with Gasteiger partial charge in [0.15, 0.2) is 0 Å². The van der Waals surface area contributed by atoms with Crippen LogP contribution in [0.15, 0.2) is 0 Å². The number of nitrogens with zero attached hydrogens (tertiary/aromatic N) is 2. The van der Waals surface area contributed by atoms with Crippen LogP contribution in [0.4, 0.5) is 0 Å². The summed E-state index contributed by atoms with van der Waals surface area (Å²) in [7, 11) is 0. The SMILES string of the molecule is CC(=O)N1CCN(C2CCC(C)(C(C)(C)C)CC2)CC1. The number of carbonyl (C=O) groups is 1. The van der Waals surface area contributed by atoms with E-state index in [9.17, 15) is 4.79 Å². The molecule has 2 rings (SSSR count). The molecule has 1 amide bonds. The second-order valence-electron chi connectivity index (χ2n) is 8.08. The van der Waals surface area contributed by atoms with Gasteiger partial charge in [-0.15, -0.1) is 0 Å². The molecule has 1 saturated heterocycles. The Morgan fingerprint density at radius 1 is 1.05 bits per heavy atom. The van der Waals surface area contributed by atoms with Crippen LogP contribution >= 0.6 is 0 Å². The second kappa shape index (κ2) is 5.67. The summed E-state index contributed by atoms with van der Waals surface area (Å²) in [5.41, 5.74) is 0.899. The first-order valence-corrected chi connectivity index (χ1v) is 8.22. The van der Waals surface area contributed by atoms with Crippen LogP contribution < -0.4 is 0 Å². The Morgan fingerprint density at radius 2 is 1.55 bits per heavy atom. The van der Waals surface area contributed by atoms with Crippen molar-refractivity contribution in [2.45, 2.75) is 66.3 Å². The molecule has 3 nitrogen and oxygen atoms in total. The summed E-state index contributed by atoms with van der Waals surface area (Å²) in [6.07, 6.45) is 5.34. The highest BCUT2D eigenvalue weighted by Gasteiger charge is 2.41. The molecule has 1 aliphatic heterocycles. The van der Waals surface area contributed by atoms with Crippen molar-refractivity contribution in [2.75, 3.05) is 26.2 Å². The lowest BCUT2D eigenvalue weighted by Gasteiger charge is -2.49. The number of hydrogen-bond acceptors (Lipinski definition) is 2. The fourth-order valence-electron chi connectivity index (χ4n) is 3.76. The van der Waals surface area contributed by atoms with Gasteiger partial charge in [0.1, 0.15) is 0 Å². The highest BCUT2D eigenvalue weighted by Crippen LogP contribution is 2.49. The molecule has 0 aromatic carbocycles. The molecule has 0 aromatic heterocycles. The number of carbonyl (C=O) groups excluding carboxylic acids is 1. The molecule has 2 fully saturated rings. The molecular formula is C17H32N2O. The smallest absolute Gasteiger partial charge is 0.219 e. The lowest BCUT2D eigenvalue weighted by molar-refractivity contribution is -0.131. The van der Waals surface area contributed by atoms with Crippen LogP contribution in [-0.4, -0.2) is 47.9 Å². The minimum absolute atomic E-state index is 0.230. The largest absolute Gasteiger partial charge is 0.340 e. The van der Waals surface area contributed by atoms with Gasteiger partial charge >= 0.3 is 0 Å².